The van der Waals surface area contributed by atoms with E-state index < -0.39 is 5.97 Å². The number of hydrogen-bond acceptors (Lipinski definition) is 3. The first-order valence-corrected chi connectivity index (χ1v) is 7.00. The predicted octanol–water partition coefficient (Wildman–Crippen LogP) is 1.77. The largest absolute Gasteiger partial charge is 0.481 e. The van der Waals surface area contributed by atoms with Crippen LogP contribution >= 0.6 is 0 Å². The third-order valence-electron chi connectivity index (χ3n) is 3.31. The first-order valence-electron chi connectivity index (χ1n) is 7.00. The Bertz CT molecular complexity index is 290. The maximum absolute atomic E-state index is 11.6. The first-order chi connectivity index (χ1) is 8.76. The quantitative estimate of drug-likeness (QED) is 0.530. The van der Waals surface area contributed by atoms with Gasteiger partial charge >= 0.3 is 5.97 Å². The molecule has 1 atom stereocenters. The average Bonchev–Trinajstić information content (AvgIpc) is 2.31. The number of carboxylic acids is 1. The Hall–Kier alpha value is -1.10. The maximum Gasteiger partial charge on any atom is 0.303 e. The van der Waals surface area contributed by atoms with Crippen LogP contribution in [0.5, 0.6) is 0 Å². The van der Waals surface area contributed by atoms with Crippen molar-refractivity contribution in [3.8, 4) is 0 Å². The van der Waals surface area contributed by atoms with Gasteiger partial charge in [-0.05, 0) is 45.6 Å². The second-order valence-corrected chi connectivity index (χ2v) is 5.79. The van der Waals surface area contributed by atoms with Crippen LogP contribution < -0.4 is 10.6 Å². The van der Waals surface area contributed by atoms with Gasteiger partial charge in [-0.25, -0.2) is 0 Å². The van der Waals surface area contributed by atoms with Gasteiger partial charge in [0.1, 0.15) is 0 Å². The molecule has 19 heavy (non-hydrogen) atoms. The molecule has 5 heteroatoms. The van der Waals surface area contributed by atoms with Gasteiger partial charge in [0.25, 0.3) is 0 Å². The van der Waals surface area contributed by atoms with Gasteiger partial charge < -0.3 is 15.7 Å². The van der Waals surface area contributed by atoms with Crippen LogP contribution in [0.4, 0.5) is 0 Å². The normalized spacial score (nSPS) is 13.1. The van der Waals surface area contributed by atoms with Crippen LogP contribution in [0.2, 0.25) is 0 Å². The molecule has 112 valence electrons. The molecule has 0 saturated heterocycles. The van der Waals surface area contributed by atoms with Gasteiger partial charge in [0.2, 0.25) is 5.91 Å². The van der Waals surface area contributed by atoms with E-state index in [1.807, 2.05) is 27.7 Å². The summed E-state index contributed by atoms with van der Waals surface area (Å²) in [6.45, 7) is 9.12. The highest BCUT2D eigenvalue weighted by molar-refractivity contribution is 5.78. The van der Waals surface area contributed by atoms with Crippen molar-refractivity contribution < 1.29 is 14.7 Å². The van der Waals surface area contributed by atoms with E-state index in [1.54, 1.807) is 0 Å². The number of hydrogen-bond donors (Lipinski definition) is 3. The Morgan fingerprint density at radius 1 is 1.26 bits per heavy atom. The van der Waals surface area contributed by atoms with Crippen molar-refractivity contribution in [2.75, 3.05) is 13.1 Å². The lowest BCUT2D eigenvalue weighted by atomic mass is 10.0. The SMILES string of the molecule is CCC(C)(C)NC(=O)CNCCC(C)CCC(=O)O. The van der Waals surface area contributed by atoms with E-state index >= 15 is 0 Å². The maximum atomic E-state index is 11.6. The molecule has 0 aromatic rings. The first kappa shape index (κ1) is 17.9. The van der Waals surface area contributed by atoms with E-state index in [2.05, 4.69) is 10.6 Å². The van der Waals surface area contributed by atoms with Crippen molar-refractivity contribution in [3.05, 3.63) is 0 Å². The fraction of sp³-hybridized carbons (Fsp3) is 0.857. The Balaban J connectivity index is 3.63. The molecule has 0 spiro atoms. The Kier molecular flexibility index (Phi) is 8.39. The third kappa shape index (κ3) is 10.5. The van der Waals surface area contributed by atoms with E-state index in [9.17, 15) is 9.59 Å². The minimum absolute atomic E-state index is 0.00467. The molecule has 0 saturated carbocycles. The molecule has 1 unspecified atom stereocenters. The van der Waals surface area contributed by atoms with Crippen molar-refractivity contribution in [2.45, 2.75) is 58.9 Å². The molecule has 0 aromatic carbocycles. The van der Waals surface area contributed by atoms with Gasteiger partial charge in [0.15, 0.2) is 0 Å². The molecular weight excluding hydrogens is 244 g/mol. The summed E-state index contributed by atoms with van der Waals surface area (Å²) in [4.78, 5) is 22.0. The minimum Gasteiger partial charge on any atom is -0.481 e. The van der Waals surface area contributed by atoms with E-state index in [4.69, 9.17) is 5.11 Å². The molecule has 0 aliphatic rings. The highest BCUT2D eigenvalue weighted by atomic mass is 16.4. The lowest BCUT2D eigenvalue weighted by Gasteiger charge is -2.24. The third-order valence-corrected chi connectivity index (χ3v) is 3.31. The zero-order chi connectivity index (χ0) is 14.9. The molecule has 0 aliphatic carbocycles. The van der Waals surface area contributed by atoms with Crippen LogP contribution in [0, 0.1) is 5.92 Å². The molecular formula is C14H28N2O3. The van der Waals surface area contributed by atoms with Gasteiger partial charge in [-0.3, -0.25) is 9.59 Å². The average molecular weight is 272 g/mol. The van der Waals surface area contributed by atoms with Crippen LogP contribution in [0.25, 0.3) is 0 Å². The molecule has 5 nitrogen and oxygen atoms in total. The van der Waals surface area contributed by atoms with Gasteiger partial charge in [-0.15, -0.1) is 0 Å². The second kappa shape index (κ2) is 8.91. The summed E-state index contributed by atoms with van der Waals surface area (Å²) < 4.78 is 0. The van der Waals surface area contributed by atoms with Gasteiger partial charge in [-0.1, -0.05) is 13.8 Å². The molecule has 0 radical (unpaired) electrons. The predicted molar refractivity (Wildman–Crippen MR) is 76.0 cm³/mol. The number of nitrogens with one attached hydrogen (secondary N) is 2. The van der Waals surface area contributed by atoms with Crippen LogP contribution in [-0.4, -0.2) is 35.6 Å². The standard InChI is InChI=1S/C14H28N2O3/c1-5-14(3,4)16-12(17)10-15-9-8-11(2)6-7-13(18)19/h11,15H,5-10H2,1-4H3,(H,16,17)(H,18,19). The van der Waals surface area contributed by atoms with Crippen LogP contribution in [0.3, 0.4) is 0 Å². The lowest BCUT2D eigenvalue weighted by molar-refractivity contribution is -0.137. The van der Waals surface area contributed by atoms with E-state index in [-0.39, 0.29) is 17.9 Å². The topological polar surface area (TPSA) is 78.4 Å². The fourth-order valence-corrected chi connectivity index (χ4v) is 1.57. The van der Waals surface area contributed by atoms with Crippen LogP contribution in [-0.2, 0) is 9.59 Å². The van der Waals surface area contributed by atoms with E-state index in [0.717, 1.165) is 19.4 Å². The molecule has 0 bridgehead atoms. The smallest absolute Gasteiger partial charge is 0.303 e. The van der Waals surface area contributed by atoms with E-state index in [0.29, 0.717) is 18.9 Å². The molecule has 3 N–H and O–H groups in total. The van der Waals surface area contributed by atoms with Crippen LogP contribution in [0.15, 0.2) is 0 Å². The zero-order valence-electron chi connectivity index (χ0n) is 12.6. The highest BCUT2D eigenvalue weighted by Crippen LogP contribution is 2.09. The Morgan fingerprint density at radius 2 is 1.89 bits per heavy atom. The van der Waals surface area contributed by atoms with Gasteiger partial charge in [-0.2, -0.15) is 0 Å². The van der Waals surface area contributed by atoms with Crippen molar-refractivity contribution in [3.63, 3.8) is 0 Å². The summed E-state index contributed by atoms with van der Waals surface area (Å²) in [7, 11) is 0. The highest BCUT2D eigenvalue weighted by Gasteiger charge is 2.17. The number of rotatable bonds is 10. The van der Waals surface area contributed by atoms with Crippen molar-refractivity contribution in [2.24, 2.45) is 5.92 Å². The van der Waals surface area contributed by atoms with Gasteiger partial charge in [0.05, 0.1) is 6.54 Å². The number of carbonyl (C=O) groups is 2. The zero-order valence-corrected chi connectivity index (χ0v) is 12.6. The number of carbonyl (C=O) groups excluding carboxylic acids is 1. The number of amides is 1. The van der Waals surface area contributed by atoms with Crippen molar-refractivity contribution >= 4 is 11.9 Å². The number of aliphatic carboxylic acids is 1. The van der Waals surface area contributed by atoms with E-state index in [1.165, 1.54) is 0 Å². The molecule has 0 rings (SSSR count). The molecule has 0 fully saturated rings. The molecule has 0 heterocycles. The summed E-state index contributed by atoms with van der Waals surface area (Å²) in [6.07, 6.45) is 2.68. The second-order valence-electron chi connectivity index (χ2n) is 5.79. The lowest BCUT2D eigenvalue weighted by Crippen LogP contribution is -2.46. The molecule has 0 aliphatic heterocycles. The summed E-state index contributed by atoms with van der Waals surface area (Å²) in [5.41, 5.74) is -0.159. The molecule has 1 amide bonds. The Labute approximate surface area is 116 Å². The van der Waals surface area contributed by atoms with Crippen molar-refractivity contribution in [1.82, 2.24) is 10.6 Å². The summed E-state index contributed by atoms with van der Waals surface area (Å²) >= 11 is 0. The van der Waals surface area contributed by atoms with Crippen molar-refractivity contribution in [1.29, 1.82) is 0 Å². The van der Waals surface area contributed by atoms with Crippen LogP contribution in [0.1, 0.15) is 53.4 Å². The summed E-state index contributed by atoms with van der Waals surface area (Å²) in [5.74, 6) is -0.384. The monoisotopic (exact) mass is 272 g/mol. The fourth-order valence-electron chi connectivity index (χ4n) is 1.57. The van der Waals surface area contributed by atoms with Gasteiger partial charge in [0, 0.05) is 12.0 Å². The number of carboxylic acid groups (broad SMARTS) is 1. The minimum atomic E-state index is -0.749. The summed E-state index contributed by atoms with van der Waals surface area (Å²) in [6, 6.07) is 0. The summed E-state index contributed by atoms with van der Waals surface area (Å²) in [5, 5.41) is 14.6. The Morgan fingerprint density at radius 3 is 2.42 bits per heavy atom. The molecule has 0 aromatic heterocycles.